The van der Waals surface area contributed by atoms with E-state index in [9.17, 15) is 4.79 Å². The predicted octanol–water partition coefficient (Wildman–Crippen LogP) is 3.75. The molecule has 0 spiro atoms. The van der Waals surface area contributed by atoms with Crippen molar-refractivity contribution in [2.24, 2.45) is 0 Å². The maximum atomic E-state index is 13.5. The quantitative estimate of drug-likeness (QED) is 0.615. The van der Waals surface area contributed by atoms with E-state index in [1.54, 1.807) is 0 Å². The topological polar surface area (TPSA) is 84.6 Å². The fraction of sp³-hybridized carbons (Fsp3) is 0.500. The number of H-pyrrole nitrogens is 1. The second-order valence-corrected chi connectivity index (χ2v) is 8.95. The average molecular weight is 438 g/mol. The number of carbonyl (C=O) groups excluding carboxylic acids is 1. The highest BCUT2D eigenvalue weighted by atomic mass is 32.1. The van der Waals surface area contributed by atoms with Gasteiger partial charge in [0.2, 0.25) is 0 Å². The molecule has 1 aliphatic carbocycles. The van der Waals surface area contributed by atoms with E-state index in [2.05, 4.69) is 46.5 Å². The largest absolute Gasteiger partial charge is 0.336 e. The normalized spacial score (nSPS) is 19.0. The van der Waals surface area contributed by atoms with E-state index >= 15 is 0 Å². The standard InChI is InChI=1S/C22H27N7OS/c1-3-28-20(24-25-22(28)31)16-5-4-12-27(13-16)21(30)18-19(15-8-9-15)29(26-23-18)17-10-6-14(2)7-11-17/h6-7,10-11,15-16H,3-5,8-9,12-13H2,1-2H3,(H,25,31). The third-order valence-electron chi connectivity index (χ3n) is 6.33. The van der Waals surface area contributed by atoms with Gasteiger partial charge in [-0.2, -0.15) is 5.10 Å². The molecule has 1 N–H and O–H groups in total. The summed E-state index contributed by atoms with van der Waals surface area (Å²) in [5.41, 5.74) is 3.59. The molecule has 31 heavy (non-hydrogen) atoms. The third kappa shape index (κ3) is 3.71. The molecule has 1 saturated heterocycles. The van der Waals surface area contributed by atoms with Crippen LogP contribution in [0.1, 0.15) is 72.0 Å². The minimum Gasteiger partial charge on any atom is -0.336 e. The molecular formula is C22H27N7OS. The summed E-state index contributed by atoms with van der Waals surface area (Å²) in [6.45, 7) is 6.25. The number of benzene rings is 1. The minimum atomic E-state index is -0.0258. The van der Waals surface area contributed by atoms with Gasteiger partial charge in [-0.15, -0.1) is 5.10 Å². The van der Waals surface area contributed by atoms with Crippen LogP contribution < -0.4 is 0 Å². The lowest BCUT2D eigenvalue weighted by Crippen LogP contribution is -2.40. The molecule has 1 aromatic carbocycles. The van der Waals surface area contributed by atoms with E-state index in [4.69, 9.17) is 12.2 Å². The SMILES string of the molecule is CCn1c(C2CCCN(C(=O)c3nnn(-c4ccc(C)cc4)c3C3CC3)C2)n[nH]c1=S. The molecule has 2 aliphatic rings. The molecule has 3 heterocycles. The zero-order valence-electron chi connectivity index (χ0n) is 17.9. The van der Waals surface area contributed by atoms with Crippen LogP contribution in [0.4, 0.5) is 0 Å². The summed E-state index contributed by atoms with van der Waals surface area (Å²) < 4.78 is 4.52. The van der Waals surface area contributed by atoms with Crippen LogP contribution in [0.2, 0.25) is 0 Å². The number of nitrogens with one attached hydrogen (secondary N) is 1. The first kappa shape index (κ1) is 20.1. The summed E-state index contributed by atoms with van der Waals surface area (Å²) in [6.07, 6.45) is 4.08. The molecule has 3 aromatic rings. The molecule has 1 unspecified atom stereocenters. The monoisotopic (exact) mass is 437 g/mol. The van der Waals surface area contributed by atoms with Crippen LogP contribution in [0.5, 0.6) is 0 Å². The smallest absolute Gasteiger partial charge is 0.276 e. The van der Waals surface area contributed by atoms with E-state index in [1.165, 1.54) is 5.56 Å². The van der Waals surface area contributed by atoms with Crippen LogP contribution in [0, 0.1) is 11.7 Å². The summed E-state index contributed by atoms with van der Waals surface area (Å²) >= 11 is 5.35. The van der Waals surface area contributed by atoms with Gasteiger partial charge in [-0.3, -0.25) is 9.89 Å². The fourth-order valence-electron chi connectivity index (χ4n) is 4.51. The molecule has 1 atom stereocenters. The van der Waals surface area contributed by atoms with Crippen molar-refractivity contribution in [3.8, 4) is 5.69 Å². The number of aromatic amines is 1. The number of rotatable bonds is 5. The molecule has 1 aliphatic heterocycles. The van der Waals surface area contributed by atoms with Gasteiger partial charge in [0.1, 0.15) is 5.82 Å². The highest BCUT2D eigenvalue weighted by Gasteiger charge is 2.37. The van der Waals surface area contributed by atoms with Crippen LogP contribution >= 0.6 is 12.2 Å². The van der Waals surface area contributed by atoms with Crippen molar-refractivity contribution in [3.05, 3.63) is 51.8 Å². The Morgan fingerprint density at radius 3 is 2.68 bits per heavy atom. The van der Waals surface area contributed by atoms with Crippen molar-refractivity contribution in [2.75, 3.05) is 13.1 Å². The summed E-state index contributed by atoms with van der Waals surface area (Å²) in [7, 11) is 0. The fourth-order valence-corrected chi connectivity index (χ4v) is 4.78. The molecule has 0 bridgehead atoms. The molecule has 162 valence electrons. The Morgan fingerprint density at radius 1 is 1.19 bits per heavy atom. The highest BCUT2D eigenvalue weighted by molar-refractivity contribution is 7.71. The van der Waals surface area contributed by atoms with E-state index in [1.807, 2.05) is 26.3 Å². The molecular weight excluding hydrogens is 410 g/mol. The molecule has 9 heteroatoms. The van der Waals surface area contributed by atoms with Gasteiger partial charge in [0, 0.05) is 31.5 Å². The summed E-state index contributed by atoms with van der Waals surface area (Å²) in [5, 5.41) is 16.1. The highest BCUT2D eigenvalue weighted by Crippen LogP contribution is 2.42. The third-order valence-corrected chi connectivity index (χ3v) is 6.64. The van der Waals surface area contributed by atoms with Crippen LogP contribution in [0.25, 0.3) is 5.69 Å². The first-order valence-electron chi connectivity index (χ1n) is 11.0. The maximum absolute atomic E-state index is 13.5. The van der Waals surface area contributed by atoms with Crippen molar-refractivity contribution >= 4 is 18.1 Å². The lowest BCUT2D eigenvalue weighted by molar-refractivity contribution is 0.0696. The van der Waals surface area contributed by atoms with Crippen molar-refractivity contribution < 1.29 is 4.79 Å². The Bertz CT molecular complexity index is 1160. The first-order chi connectivity index (χ1) is 15.1. The number of hydrogen-bond acceptors (Lipinski definition) is 5. The zero-order chi connectivity index (χ0) is 21.5. The Morgan fingerprint density at radius 2 is 1.97 bits per heavy atom. The molecule has 0 radical (unpaired) electrons. The molecule has 5 rings (SSSR count). The zero-order valence-corrected chi connectivity index (χ0v) is 18.7. The molecule has 1 saturated carbocycles. The van der Waals surface area contributed by atoms with Crippen molar-refractivity contribution in [3.63, 3.8) is 0 Å². The first-order valence-corrected chi connectivity index (χ1v) is 11.4. The van der Waals surface area contributed by atoms with Gasteiger partial charge < -0.3 is 9.47 Å². The molecule has 8 nitrogen and oxygen atoms in total. The average Bonchev–Trinajstić information content (AvgIpc) is 3.42. The van der Waals surface area contributed by atoms with Crippen LogP contribution in [-0.2, 0) is 6.54 Å². The van der Waals surface area contributed by atoms with Crippen molar-refractivity contribution in [2.45, 2.75) is 57.9 Å². The maximum Gasteiger partial charge on any atom is 0.276 e. The second kappa shape index (κ2) is 8.03. The van der Waals surface area contributed by atoms with Gasteiger partial charge in [0.15, 0.2) is 10.5 Å². The van der Waals surface area contributed by atoms with Gasteiger partial charge in [0.05, 0.1) is 11.4 Å². The Labute approximate surface area is 186 Å². The Balaban J connectivity index is 1.43. The lowest BCUT2D eigenvalue weighted by Gasteiger charge is -2.32. The molecule has 2 fully saturated rings. The number of nitrogens with zero attached hydrogens (tertiary/aromatic N) is 6. The summed E-state index contributed by atoms with van der Waals surface area (Å²) in [6, 6.07) is 8.19. The number of aromatic nitrogens is 6. The summed E-state index contributed by atoms with van der Waals surface area (Å²) in [5.74, 6) is 1.44. The number of likely N-dealkylation sites (tertiary alicyclic amines) is 1. The van der Waals surface area contributed by atoms with Crippen LogP contribution in [0.15, 0.2) is 24.3 Å². The number of aryl methyl sites for hydroxylation is 1. The van der Waals surface area contributed by atoms with Gasteiger partial charge in [0.25, 0.3) is 5.91 Å². The number of hydrogen-bond donors (Lipinski definition) is 1. The number of piperidine rings is 1. The second-order valence-electron chi connectivity index (χ2n) is 8.57. The van der Waals surface area contributed by atoms with E-state index in [0.717, 1.165) is 56.0 Å². The lowest BCUT2D eigenvalue weighted by atomic mass is 9.96. The molecule has 1 amide bonds. The Hall–Kier alpha value is -2.81. The Kier molecular flexibility index (Phi) is 5.21. The number of carbonyl (C=O) groups is 1. The van der Waals surface area contributed by atoms with Gasteiger partial charge >= 0.3 is 0 Å². The van der Waals surface area contributed by atoms with Crippen molar-refractivity contribution in [1.82, 2.24) is 34.7 Å². The predicted molar refractivity (Wildman–Crippen MR) is 119 cm³/mol. The van der Waals surface area contributed by atoms with Crippen LogP contribution in [0.3, 0.4) is 0 Å². The van der Waals surface area contributed by atoms with E-state index < -0.39 is 0 Å². The molecule has 2 aromatic heterocycles. The summed E-state index contributed by atoms with van der Waals surface area (Å²) in [4.78, 5) is 15.5. The van der Waals surface area contributed by atoms with Crippen molar-refractivity contribution in [1.29, 1.82) is 0 Å². The van der Waals surface area contributed by atoms with Crippen LogP contribution in [-0.4, -0.2) is 53.7 Å². The van der Waals surface area contributed by atoms with Gasteiger partial charge in [-0.1, -0.05) is 22.9 Å². The van der Waals surface area contributed by atoms with E-state index in [0.29, 0.717) is 22.9 Å². The minimum absolute atomic E-state index is 0.0258. The van der Waals surface area contributed by atoms with Gasteiger partial charge in [-0.05, 0) is 63.9 Å². The number of amides is 1. The van der Waals surface area contributed by atoms with Gasteiger partial charge in [-0.25, -0.2) is 4.68 Å². The van der Waals surface area contributed by atoms with E-state index in [-0.39, 0.29) is 11.8 Å².